The van der Waals surface area contributed by atoms with Gasteiger partial charge < -0.3 is 0 Å². The minimum absolute atomic E-state index is 0.702. The van der Waals surface area contributed by atoms with Gasteiger partial charge in [0.25, 0.3) is 0 Å². The number of hydrogen-bond donors (Lipinski definition) is 0. The van der Waals surface area contributed by atoms with Crippen molar-refractivity contribution >= 4 is 18.1 Å². The van der Waals surface area contributed by atoms with Gasteiger partial charge in [-0.05, 0) is 0 Å². The number of allylic oxidation sites excluding steroid dienone is 2. The van der Waals surface area contributed by atoms with Gasteiger partial charge >= 0.3 is 290 Å². The molecule has 0 heterocycles. The average molecular weight is 788 g/mol. The number of fused-ring (bicyclic) bond motifs is 2. The van der Waals surface area contributed by atoms with Crippen molar-refractivity contribution in [2.45, 2.75) is 101 Å². The Kier molecular flexibility index (Phi) is 10.4. The molecule has 0 radical (unpaired) electrons. The predicted octanol–water partition coefficient (Wildman–Crippen LogP) is 12.8. The van der Waals surface area contributed by atoms with Crippen LogP contribution in [0.1, 0.15) is 104 Å². The molecule has 0 nitrogen and oxygen atoms in total. The summed E-state index contributed by atoms with van der Waals surface area (Å²) >= 11 is -2.42. The van der Waals surface area contributed by atoms with Crippen LogP contribution in [0.4, 0.5) is 0 Å². The summed E-state index contributed by atoms with van der Waals surface area (Å²) in [4.78, 5) is 0. The first-order chi connectivity index (χ1) is 22.3. The first kappa shape index (κ1) is 33.4. The molecule has 6 rings (SSSR count). The Morgan fingerprint density at radius 3 is 1.33 bits per heavy atom. The Labute approximate surface area is 288 Å². The fourth-order valence-corrected chi connectivity index (χ4v) is 40.7. The van der Waals surface area contributed by atoms with Gasteiger partial charge in [0.05, 0.1) is 0 Å². The van der Waals surface area contributed by atoms with E-state index in [2.05, 4.69) is 140 Å². The van der Waals surface area contributed by atoms with E-state index in [9.17, 15) is 0 Å². The van der Waals surface area contributed by atoms with Crippen molar-refractivity contribution in [1.82, 2.24) is 0 Å². The van der Waals surface area contributed by atoms with Gasteiger partial charge in [-0.2, -0.15) is 0 Å². The Bertz CT molecular complexity index is 1680. The van der Waals surface area contributed by atoms with Gasteiger partial charge in [-0.15, -0.1) is 0 Å². The van der Waals surface area contributed by atoms with Crippen LogP contribution in [0.25, 0.3) is 34.4 Å². The monoisotopic (exact) mass is 789 g/mol. The number of benzene rings is 4. The molecular weight excluding hydrogens is 735 g/mol. The van der Waals surface area contributed by atoms with Gasteiger partial charge in [-0.3, -0.25) is 0 Å². The Morgan fingerprint density at radius 2 is 0.935 bits per heavy atom. The summed E-state index contributed by atoms with van der Waals surface area (Å²) in [5.41, 5.74) is 21.4. The Balaban J connectivity index is 1.53. The van der Waals surface area contributed by atoms with E-state index in [0.717, 1.165) is 0 Å². The van der Waals surface area contributed by atoms with Crippen molar-refractivity contribution in [3.05, 3.63) is 128 Å². The van der Waals surface area contributed by atoms with Crippen LogP contribution in [-0.2, 0) is 20.6 Å². The van der Waals surface area contributed by atoms with E-state index >= 15 is 0 Å². The van der Waals surface area contributed by atoms with E-state index in [0.29, 0.717) is 7.35 Å². The van der Waals surface area contributed by atoms with Crippen molar-refractivity contribution < 1.29 is 20.6 Å². The van der Waals surface area contributed by atoms with Gasteiger partial charge in [0, 0.05) is 0 Å². The van der Waals surface area contributed by atoms with Crippen molar-refractivity contribution in [1.29, 1.82) is 0 Å². The van der Waals surface area contributed by atoms with Crippen LogP contribution in [0.5, 0.6) is 0 Å². The molecule has 4 aromatic carbocycles. The third-order valence-electron chi connectivity index (χ3n) is 11.1. The standard InChI is InChI=1S/2C21H23.C2H7Si.Hf/c2*1-4-5-9-17-13-18-10-7-12-20(21(18)14-17)19-11-6-8-15(2)16(19)3;1-3-2;/h2*6-8,10-14H,4-5,9H2,1-3H3;3H,1-2H3;. The van der Waals surface area contributed by atoms with Gasteiger partial charge in [0.1, 0.15) is 0 Å². The van der Waals surface area contributed by atoms with Gasteiger partial charge in [0.2, 0.25) is 0 Å². The first-order valence-electron chi connectivity index (χ1n) is 17.9. The molecule has 237 valence electrons. The first-order valence-corrected chi connectivity index (χ1v) is 31.2. The third kappa shape index (κ3) is 6.10. The van der Waals surface area contributed by atoms with Crippen molar-refractivity contribution in [2.75, 3.05) is 0 Å². The zero-order valence-electron chi connectivity index (χ0n) is 29.6. The number of unbranched alkanes of at least 4 members (excludes halogenated alkanes) is 2. The molecule has 0 bridgehead atoms. The van der Waals surface area contributed by atoms with Gasteiger partial charge in [0.15, 0.2) is 0 Å². The van der Waals surface area contributed by atoms with Gasteiger partial charge in [-0.25, -0.2) is 0 Å². The van der Waals surface area contributed by atoms with E-state index in [1.54, 1.807) is 33.4 Å². The Hall–Kier alpha value is -2.55. The molecule has 2 unspecified atom stereocenters. The van der Waals surface area contributed by atoms with E-state index in [1.807, 2.05) is 0 Å². The van der Waals surface area contributed by atoms with E-state index < -0.39 is 26.6 Å². The summed E-state index contributed by atoms with van der Waals surface area (Å²) in [7, 11) is 0. The Morgan fingerprint density at radius 1 is 0.543 bits per heavy atom. The molecule has 46 heavy (non-hydrogen) atoms. The average Bonchev–Trinajstić information content (AvgIpc) is 3.60. The summed E-state index contributed by atoms with van der Waals surface area (Å²) in [5, 5.41) is 0. The van der Waals surface area contributed by atoms with E-state index in [4.69, 9.17) is 0 Å². The molecule has 4 aromatic rings. The molecule has 0 aromatic heterocycles. The van der Waals surface area contributed by atoms with Crippen LogP contribution in [-0.4, -0.2) is 5.98 Å². The molecule has 2 atom stereocenters. The summed E-state index contributed by atoms with van der Waals surface area (Å²) in [6.45, 7) is 19.4. The maximum absolute atomic E-state index is 2.73. The van der Waals surface area contributed by atoms with Crippen LogP contribution in [0, 0.1) is 27.7 Å². The third-order valence-corrected chi connectivity index (χ3v) is 41.9. The molecule has 2 aliphatic rings. The van der Waals surface area contributed by atoms with Crippen LogP contribution in [0.2, 0.25) is 13.1 Å². The topological polar surface area (TPSA) is 0 Å². The zero-order chi connectivity index (χ0) is 32.5. The minimum atomic E-state index is -2.42. The maximum atomic E-state index is 2.73. The number of aryl methyl sites for hydroxylation is 2. The fourth-order valence-electron chi connectivity index (χ4n) is 8.30. The van der Waals surface area contributed by atoms with E-state index in [-0.39, 0.29) is 0 Å². The molecule has 0 fully saturated rings. The van der Waals surface area contributed by atoms with Crippen LogP contribution in [0.15, 0.2) is 83.9 Å². The molecule has 0 aliphatic heterocycles. The fraction of sp³-hybridized carbons (Fsp3) is 0.364. The van der Waals surface area contributed by atoms with Crippen molar-refractivity contribution in [3.8, 4) is 22.3 Å². The molecule has 0 saturated carbocycles. The van der Waals surface area contributed by atoms with Crippen LogP contribution in [0.3, 0.4) is 0 Å². The number of rotatable bonds is 11. The number of hydrogen-bond acceptors (Lipinski definition) is 0. The summed E-state index contributed by atoms with van der Waals surface area (Å²) in [5.74, 6) is -0.938. The SMILES string of the molecule is CCCCC1=Cc2c(-c3cccc(C)c3C)cccc2[CH]1[Hf]([CH]1C(CCCC)=Cc2c(-c3cccc(C)c3C)cccc21)[SiH](C)C. The van der Waals surface area contributed by atoms with Crippen LogP contribution >= 0.6 is 0 Å². The molecule has 0 spiro atoms. The summed E-state index contributed by atoms with van der Waals surface area (Å²) < 4.78 is 1.40. The quantitative estimate of drug-likeness (QED) is 0.133. The van der Waals surface area contributed by atoms with Gasteiger partial charge in [-0.1, -0.05) is 0 Å². The van der Waals surface area contributed by atoms with Crippen molar-refractivity contribution in [2.24, 2.45) is 0 Å². The predicted molar refractivity (Wildman–Crippen MR) is 202 cm³/mol. The normalized spacial score (nSPS) is 16.8. The molecule has 0 N–H and O–H groups in total. The summed E-state index contributed by atoms with van der Waals surface area (Å²) in [6.07, 6.45) is 13.0. The second kappa shape index (κ2) is 14.3. The second-order valence-corrected chi connectivity index (χ2v) is 42.2. The molecule has 0 saturated heterocycles. The molecule has 2 aliphatic carbocycles. The zero-order valence-corrected chi connectivity index (χ0v) is 34.3. The molecule has 0 amide bonds. The summed E-state index contributed by atoms with van der Waals surface area (Å²) in [6, 6.07) is 28.4. The van der Waals surface area contributed by atoms with Crippen LogP contribution < -0.4 is 0 Å². The van der Waals surface area contributed by atoms with Crippen molar-refractivity contribution in [3.63, 3.8) is 0 Å². The molecular formula is C44H53HfSi. The van der Waals surface area contributed by atoms with E-state index in [1.165, 1.54) is 83.0 Å². The molecule has 2 heteroatoms. The second-order valence-electron chi connectivity index (χ2n) is 14.3.